The highest BCUT2D eigenvalue weighted by Crippen LogP contribution is 2.09. The van der Waals surface area contributed by atoms with Crippen LogP contribution in [0.25, 0.3) is 0 Å². The minimum atomic E-state index is -0.937. The number of carbonyl (C=O) groups excluding carboxylic acids is 1. The highest BCUT2D eigenvalue weighted by atomic mass is 35.5. The van der Waals surface area contributed by atoms with Gasteiger partial charge < -0.3 is 10.4 Å². The second-order valence-corrected chi connectivity index (χ2v) is 4.35. The Labute approximate surface area is 110 Å². The number of rotatable bonds is 6. The molecular weight excluding hydrogens is 256 g/mol. The van der Waals surface area contributed by atoms with Crippen molar-refractivity contribution in [3.05, 3.63) is 29.0 Å². The summed E-state index contributed by atoms with van der Waals surface area (Å²) in [6.07, 6.45) is 2.74. The molecule has 1 amide bonds. The summed E-state index contributed by atoms with van der Waals surface area (Å²) in [7, 11) is 0. The number of carboxylic acids is 1. The average molecular weight is 271 g/mol. The Morgan fingerprint density at radius 3 is 2.83 bits per heavy atom. The third kappa shape index (κ3) is 4.71. The van der Waals surface area contributed by atoms with Gasteiger partial charge in [0.15, 0.2) is 0 Å². The topological polar surface area (TPSA) is 79.3 Å². The Kier molecular flexibility index (Phi) is 5.58. The van der Waals surface area contributed by atoms with Crippen molar-refractivity contribution in [1.82, 2.24) is 10.3 Å². The van der Waals surface area contributed by atoms with Crippen LogP contribution in [0.1, 0.15) is 36.7 Å². The van der Waals surface area contributed by atoms with Gasteiger partial charge >= 0.3 is 5.97 Å². The van der Waals surface area contributed by atoms with Crippen molar-refractivity contribution in [2.24, 2.45) is 0 Å². The maximum Gasteiger partial charge on any atom is 0.305 e. The van der Waals surface area contributed by atoms with E-state index in [2.05, 4.69) is 10.3 Å². The number of pyridine rings is 1. The van der Waals surface area contributed by atoms with Crippen LogP contribution in [0.2, 0.25) is 5.02 Å². The second kappa shape index (κ2) is 6.96. The second-order valence-electron chi connectivity index (χ2n) is 3.92. The number of carboxylic acid groups (broad SMARTS) is 1. The van der Waals surface area contributed by atoms with Crippen LogP contribution in [-0.4, -0.2) is 28.0 Å². The largest absolute Gasteiger partial charge is 0.481 e. The number of halogens is 1. The number of nitrogens with zero attached hydrogens (tertiary/aromatic N) is 1. The first-order chi connectivity index (χ1) is 8.52. The summed E-state index contributed by atoms with van der Waals surface area (Å²) in [5.41, 5.74) is 0.189. The predicted molar refractivity (Wildman–Crippen MR) is 67.7 cm³/mol. The van der Waals surface area contributed by atoms with Gasteiger partial charge in [-0.25, -0.2) is 0 Å². The van der Waals surface area contributed by atoms with Crippen LogP contribution in [0.15, 0.2) is 18.3 Å². The highest BCUT2D eigenvalue weighted by molar-refractivity contribution is 6.30. The van der Waals surface area contributed by atoms with E-state index < -0.39 is 11.9 Å². The maximum absolute atomic E-state index is 11.8. The standard InChI is InChI=1S/C12H15ClN2O3/c1-2-3-9(7-11(16)17)15-12(18)10-6-8(13)4-5-14-10/h4-6,9H,2-3,7H2,1H3,(H,15,18)(H,16,17). The molecule has 1 heterocycles. The first-order valence-electron chi connectivity index (χ1n) is 5.67. The summed E-state index contributed by atoms with van der Waals surface area (Å²) >= 11 is 5.76. The summed E-state index contributed by atoms with van der Waals surface area (Å²) in [6.45, 7) is 1.93. The van der Waals surface area contributed by atoms with E-state index in [0.717, 1.165) is 6.42 Å². The number of amides is 1. The van der Waals surface area contributed by atoms with Crippen molar-refractivity contribution in [3.63, 3.8) is 0 Å². The van der Waals surface area contributed by atoms with Crippen LogP contribution < -0.4 is 5.32 Å². The molecule has 1 aromatic rings. The van der Waals surface area contributed by atoms with Crippen LogP contribution in [0.5, 0.6) is 0 Å². The van der Waals surface area contributed by atoms with Crippen molar-refractivity contribution in [2.75, 3.05) is 0 Å². The van der Waals surface area contributed by atoms with Gasteiger partial charge in [-0.1, -0.05) is 24.9 Å². The fourth-order valence-corrected chi connectivity index (χ4v) is 1.73. The van der Waals surface area contributed by atoms with Crippen molar-refractivity contribution in [1.29, 1.82) is 0 Å². The van der Waals surface area contributed by atoms with Gasteiger partial charge in [0, 0.05) is 17.3 Å². The van der Waals surface area contributed by atoms with Gasteiger partial charge in [0.1, 0.15) is 5.69 Å². The molecule has 2 N–H and O–H groups in total. The van der Waals surface area contributed by atoms with Gasteiger partial charge in [-0.05, 0) is 18.6 Å². The van der Waals surface area contributed by atoms with Crippen molar-refractivity contribution < 1.29 is 14.7 Å². The van der Waals surface area contributed by atoms with E-state index in [9.17, 15) is 9.59 Å². The molecule has 0 bridgehead atoms. The van der Waals surface area contributed by atoms with Crippen molar-refractivity contribution in [3.8, 4) is 0 Å². The fourth-order valence-electron chi connectivity index (χ4n) is 1.57. The smallest absolute Gasteiger partial charge is 0.305 e. The lowest BCUT2D eigenvalue weighted by atomic mass is 10.1. The first-order valence-corrected chi connectivity index (χ1v) is 6.05. The van der Waals surface area contributed by atoms with Crippen LogP contribution in [-0.2, 0) is 4.79 Å². The molecule has 0 aliphatic carbocycles. The van der Waals surface area contributed by atoms with Gasteiger partial charge in [-0.3, -0.25) is 14.6 Å². The predicted octanol–water partition coefficient (Wildman–Crippen LogP) is 2.11. The van der Waals surface area contributed by atoms with Crippen molar-refractivity contribution >= 4 is 23.5 Å². The quantitative estimate of drug-likeness (QED) is 0.830. The minimum Gasteiger partial charge on any atom is -0.481 e. The molecule has 18 heavy (non-hydrogen) atoms. The summed E-state index contributed by atoms with van der Waals surface area (Å²) in [6, 6.07) is 2.63. The zero-order valence-electron chi connectivity index (χ0n) is 10.0. The molecule has 0 saturated carbocycles. The van der Waals surface area contributed by atoms with Gasteiger partial charge in [0.05, 0.1) is 6.42 Å². The zero-order chi connectivity index (χ0) is 13.5. The lowest BCUT2D eigenvalue weighted by molar-refractivity contribution is -0.137. The van der Waals surface area contributed by atoms with Crippen LogP contribution in [0.4, 0.5) is 0 Å². The van der Waals surface area contributed by atoms with Crippen LogP contribution in [0, 0.1) is 0 Å². The van der Waals surface area contributed by atoms with E-state index in [1.54, 1.807) is 6.07 Å². The number of aliphatic carboxylic acids is 1. The summed E-state index contributed by atoms with van der Waals surface area (Å²) in [5.74, 6) is -1.34. The van der Waals surface area contributed by atoms with E-state index in [4.69, 9.17) is 16.7 Å². The molecule has 1 aromatic heterocycles. The van der Waals surface area contributed by atoms with Crippen LogP contribution >= 0.6 is 11.6 Å². The molecule has 0 fully saturated rings. The SMILES string of the molecule is CCCC(CC(=O)O)NC(=O)c1cc(Cl)ccn1. The number of hydrogen-bond donors (Lipinski definition) is 2. The third-order valence-electron chi connectivity index (χ3n) is 2.35. The molecule has 98 valence electrons. The Bertz CT molecular complexity index is 437. The molecule has 1 unspecified atom stereocenters. The number of carbonyl (C=O) groups is 2. The summed E-state index contributed by atoms with van der Waals surface area (Å²) in [4.78, 5) is 26.4. The number of aromatic nitrogens is 1. The zero-order valence-corrected chi connectivity index (χ0v) is 10.8. The van der Waals surface area contributed by atoms with E-state index >= 15 is 0 Å². The van der Waals surface area contributed by atoms with Gasteiger partial charge in [-0.2, -0.15) is 0 Å². The summed E-state index contributed by atoms with van der Waals surface area (Å²) in [5, 5.41) is 11.8. The molecule has 1 atom stereocenters. The average Bonchev–Trinajstić information content (AvgIpc) is 2.28. The normalized spacial score (nSPS) is 11.9. The van der Waals surface area contributed by atoms with Gasteiger partial charge in [0.2, 0.25) is 0 Å². The lowest BCUT2D eigenvalue weighted by Gasteiger charge is -2.15. The summed E-state index contributed by atoms with van der Waals surface area (Å²) < 4.78 is 0. The maximum atomic E-state index is 11.8. The first kappa shape index (κ1) is 14.4. The molecule has 0 spiro atoms. The molecule has 0 aliphatic heterocycles. The van der Waals surface area contributed by atoms with Crippen molar-refractivity contribution in [2.45, 2.75) is 32.2 Å². The van der Waals surface area contributed by atoms with Crippen LogP contribution in [0.3, 0.4) is 0 Å². The fraction of sp³-hybridized carbons (Fsp3) is 0.417. The Morgan fingerprint density at radius 2 is 2.28 bits per heavy atom. The van der Waals surface area contributed by atoms with E-state index in [-0.39, 0.29) is 18.2 Å². The molecule has 5 nitrogen and oxygen atoms in total. The molecule has 1 rings (SSSR count). The van der Waals surface area contributed by atoms with E-state index in [1.165, 1.54) is 12.3 Å². The Balaban J connectivity index is 2.68. The molecule has 0 aliphatic rings. The minimum absolute atomic E-state index is 0.0971. The Morgan fingerprint density at radius 1 is 1.56 bits per heavy atom. The third-order valence-corrected chi connectivity index (χ3v) is 2.58. The Hall–Kier alpha value is -1.62. The molecule has 0 aromatic carbocycles. The number of hydrogen-bond acceptors (Lipinski definition) is 3. The number of nitrogens with one attached hydrogen (secondary N) is 1. The lowest BCUT2D eigenvalue weighted by Crippen LogP contribution is -2.36. The van der Waals surface area contributed by atoms with Gasteiger partial charge in [0.25, 0.3) is 5.91 Å². The molecule has 0 saturated heterocycles. The molecule has 6 heteroatoms. The molecular formula is C12H15ClN2O3. The van der Waals surface area contributed by atoms with E-state index in [1.807, 2.05) is 6.92 Å². The van der Waals surface area contributed by atoms with Gasteiger partial charge in [-0.15, -0.1) is 0 Å². The highest BCUT2D eigenvalue weighted by Gasteiger charge is 2.17. The molecule has 0 radical (unpaired) electrons. The van der Waals surface area contributed by atoms with E-state index in [0.29, 0.717) is 11.4 Å². The monoisotopic (exact) mass is 270 g/mol.